The number of carboxylic acid groups (broad SMARTS) is 1. The minimum Gasteiger partial charge on any atom is -0.475 e. The molecule has 13 nitrogen and oxygen atoms in total. The number of carboxylic acids is 1. The Hall–Kier alpha value is -4.20. The zero-order chi connectivity index (χ0) is 25.9. The predicted molar refractivity (Wildman–Crippen MR) is 128 cm³/mol. The summed E-state index contributed by atoms with van der Waals surface area (Å²) < 4.78 is 19.8. The molecular formula is C24H24N6O7. The van der Waals surface area contributed by atoms with Gasteiger partial charge in [-0.15, -0.1) is 0 Å². The lowest BCUT2D eigenvalue weighted by Gasteiger charge is -2.20. The van der Waals surface area contributed by atoms with Crippen molar-refractivity contribution in [3.63, 3.8) is 0 Å². The third-order valence-electron chi connectivity index (χ3n) is 5.94. The fourth-order valence-corrected chi connectivity index (χ4v) is 4.30. The Morgan fingerprint density at radius 2 is 1.86 bits per heavy atom. The lowest BCUT2D eigenvalue weighted by atomic mass is 10.1. The van der Waals surface area contributed by atoms with Crippen molar-refractivity contribution < 1.29 is 33.7 Å². The van der Waals surface area contributed by atoms with Gasteiger partial charge in [0, 0.05) is 13.0 Å². The summed E-state index contributed by atoms with van der Waals surface area (Å²) in [5.74, 6) is -2.35. The van der Waals surface area contributed by atoms with E-state index in [1.165, 1.54) is 12.7 Å². The predicted octanol–water partition coefficient (Wildman–Crippen LogP) is 1.73. The van der Waals surface area contributed by atoms with Crippen LogP contribution in [0.25, 0.3) is 17.2 Å². The third-order valence-corrected chi connectivity index (χ3v) is 5.94. The summed E-state index contributed by atoms with van der Waals surface area (Å²) in [6, 6.07) is 9.13. The number of hydrogen-bond acceptors (Lipinski definition) is 9. The van der Waals surface area contributed by atoms with Gasteiger partial charge in [-0.3, -0.25) is 14.7 Å². The molecule has 0 bridgehead atoms. The Morgan fingerprint density at radius 1 is 1.08 bits per heavy atom. The van der Waals surface area contributed by atoms with Crippen LogP contribution in [-0.4, -0.2) is 73.6 Å². The third kappa shape index (κ3) is 5.05. The Balaban J connectivity index is 1.43. The molecule has 0 radical (unpaired) electrons. The van der Waals surface area contributed by atoms with Gasteiger partial charge in [0.2, 0.25) is 5.78 Å². The second-order valence-electron chi connectivity index (χ2n) is 8.37. The highest BCUT2D eigenvalue weighted by Crippen LogP contribution is 2.42. The van der Waals surface area contributed by atoms with Crippen LogP contribution in [0.1, 0.15) is 25.1 Å². The van der Waals surface area contributed by atoms with Crippen molar-refractivity contribution in [3.05, 3.63) is 54.6 Å². The number of aliphatic carboxylic acids is 1. The number of benzene rings is 1. The Labute approximate surface area is 210 Å². The molecule has 5 unspecified atom stereocenters. The van der Waals surface area contributed by atoms with Crippen LogP contribution >= 0.6 is 0 Å². The Bertz CT molecular complexity index is 1340. The van der Waals surface area contributed by atoms with Gasteiger partial charge in [-0.05, 0) is 18.6 Å². The fraction of sp³-hybridized carbons (Fsp3) is 0.333. The van der Waals surface area contributed by atoms with Gasteiger partial charge < -0.3 is 24.6 Å². The second-order valence-corrected chi connectivity index (χ2v) is 8.37. The normalized spacial score (nSPS) is 24.8. The maximum absolute atomic E-state index is 12.0. The second kappa shape index (κ2) is 10.4. The first kappa shape index (κ1) is 24.5. The molecule has 0 spiro atoms. The number of rotatable bonds is 8. The minimum atomic E-state index is -1.55. The molecule has 13 heteroatoms. The van der Waals surface area contributed by atoms with Gasteiger partial charge >= 0.3 is 12.0 Å². The number of urea groups is 1. The van der Waals surface area contributed by atoms with Gasteiger partial charge in [0.05, 0.1) is 12.4 Å². The molecular weight excluding hydrogens is 484 g/mol. The average Bonchev–Trinajstić information content (AvgIpc) is 3.58. The van der Waals surface area contributed by atoms with Crippen LogP contribution in [0.5, 0.6) is 0 Å². The van der Waals surface area contributed by atoms with Crippen LogP contribution in [0, 0.1) is 0 Å². The molecule has 2 amide bonds. The van der Waals surface area contributed by atoms with Crippen LogP contribution in [0.2, 0.25) is 0 Å². The highest BCUT2D eigenvalue weighted by atomic mass is 16.8. The van der Waals surface area contributed by atoms with Gasteiger partial charge in [0.25, 0.3) is 0 Å². The maximum atomic E-state index is 12.0. The number of aromatic nitrogens is 4. The first-order valence-corrected chi connectivity index (χ1v) is 11.6. The summed E-state index contributed by atoms with van der Waals surface area (Å²) in [6.45, 7) is 2.22. The molecule has 1 aromatic carbocycles. The maximum Gasteiger partial charge on any atom is 0.372 e. The molecule has 192 valence electrons. The van der Waals surface area contributed by atoms with Crippen molar-refractivity contribution in [2.75, 3.05) is 11.9 Å². The molecule has 0 aliphatic carbocycles. The zero-order valence-electron chi connectivity index (χ0n) is 19.7. The van der Waals surface area contributed by atoms with Gasteiger partial charge in [-0.25, -0.2) is 24.5 Å². The number of Topliss-reactive ketones (excluding diaryl/α,β-unsaturated/α-hetero) is 1. The molecule has 2 aromatic heterocycles. The topological polar surface area (TPSA) is 167 Å². The van der Waals surface area contributed by atoms with Gasteiger partial charge in [-0.2, -0.15) is 0 Å². The van der Waals surface area contributed by atoms with E-state index >= 15 is 0 Å². The molecule has 3 N–H and O–H groups in total. The number of anilines is 1. The molecule has 4 heterocycles. The smallest absolute Gasteiger partial charge is 0.372 e. The SMILES string of the molecule is CCNC(=O)Nc1ncnc2c1ncn2C1OC(CC(=O)C(=O)O)C2OC(/C=C/c3ccccc3)OC21. The van der Waals surface area contributed by atoms with Gasteiger partial charge in [-0.1, -0.05) is 36.4 Å². The van der Waals surface area contributed by atoms with Crippen molar-refractivity contribution >= 4 is 40.8 Å². The van der Waals surface area contributed by atoms with E-state index in [2.05, 4.69) is 25.6 Å². The molecule has 37 heavy (non-hydrogen) atoms. The van der Waals surface area contributed by atoms with Gasteiger partial charge in [0.15, 0.2) is 29.5 Å². The lowest BCUT2D eigenvalue weighted by Crippen LogP contribution is -2.32. The highest BCUT2D eigenvalue weighted by Gasteiger charge is 2.54. The summed E-state index contributed by atoms with van der Waals surface area (Å²) in [7, 11) is 0. The molecule has 2 fully saturated rings. The molecule has 2 aliphatic rings. The van der Waals surface area contributed by atoms with E-state index in [0.717, 1.165) is 5.56 Å². The summed E-state index contributed by atoms with van der Waals surface area (Å²) in [6.07, 6.45) is 2.07. The molecule has 0 saturated carbocycles. The lowest BCUT2D eigenvalue weighted by molar-refractivity contribution is -0.154. The largest absolute Gasteiger partial charge is 0.475 e. The molecule has 5 atom stereocenters. The number of carbonyl (C=O) groups excluding carboxylic acids is 2. The van der Waals surface area contributed by atoms with Crippen molar-refractivity contribution in [2.24, 2.45) is 0 Å². The van der Waals surface area contributed by atoms with Crippen LogP contribution in [0.4, 0.5) is 10.6 Å². The van der Waals surface area contributed by atoms with E-state index < -0.39 is 55.0 Å². The quantitative estimate of drug-likeness (QED) is 0.381. The molecule has 2 saturated heterocycles. The first-order chi connectivity index (χ1) is 17.9. The monoisotopic (exact) mass is 508 g/mol. The van der Waals surface area contributed by atoms with Crippen LogP contribution < -0.4 is 10.6 Å². The van der Waals surface area contributed by atoms with E-state index in [1.54, 1.807) is 17.6 Å². The van der Waals surface area contributed by atoms with Crippen LogP contribution in [0.3, 0.4) is 0 Å². The summed E-state index contributed by atoms with van der Waals surface area (Å²) in [4.78, 5) is 47.9. The van der Waals surface area contributed by atoms with E-state index in [0.29, 0.717) is 17.7 Å². The van der Waals surface area contributed by atoms with Crippen molar-refractivity contribution in [2.45, 2.75) is 44.2 Å². The van der Waals surface area contributed by atoms with Crippen molar-refractivity contribution in [3.8, 4) is 0 Å². The number of nitrogens with zero attached hydrogens (tertiary/aromatic N) is 4. The number of nitrogens with one attached hydrogen (secondary N) is 2. The number of carbonyl (C=O) groups is 3. The zero-order valence-corrected chi connectivity index (χ0v) is 19.7. The number of ether oxygens (including phenoxy) is 3. The van der Waals surface area contributed by atoms with Gasteiger partial charge in [0.1, 0.15) is 18.5 Å². The number of hydrogen-bond donors (Lipinski definition) is 3. The fourth-order valence-electron chi connectivity index (χ4n) is 4.30. The number of imidazole rings is 1. The van der Waals surface area contributed by atoms with E-state index in [4.69, 9.17) is 19.3 Å². The highest BCUT2D eigenvalue weighted by molar-refractivity contribution is 6.32. The number of fused-ring (bicyclic) bond motifs is 2. The summed E-state index contributed by atoms with van der Waals surface area (Å²) in [5, 5.41) is 14.4. The Morgan fingerprint density at radius 3 is 2.62 bits per heavy atom. The molecule has 3 aromatic rings. The van der Waals surface area contributed by atoms with E-state index in [1.807, 2.05) is 36.4 Å². The minimum absolute atomic E-state index is 0.203. The van der Waals surface area contributed by atoms with Crippen molar-refractivity contribution in [1.82, 2.24) is 24.8 Å². The first-order valence-electron chi connectivity index (χ1n) is 11.6. The molecule has 5 rings (SSSR count). The van der Waals surface area contributed by atoms with E-state index in [-0.39, 0.29) is 5.82 Å². The Kier molecular flexibility index (Phi) is 6.90. The van der Waals surface area contributed by atoms with Crippen molar-refractivity contribution in [1.29, 1.82) is 0 Å². The standard InChI is InChI=1S/C24H24N6O7/c1-2-25-24(34)29-20-17-21(27-11-26-20)30(12-28-17)22-19-18(15(35-22)10-14(31)23(32)33)36-16(37-19)9-8-13-6-4-3-5-7-13/h3-9,11-12,15-16,18-19,22H,2,10H2,1H3,(H,32,33)(H2,25,26,27,29,34)/b9-8+. The van der Waals surface area contributed by atoms with Crippen LogP contribution in [-0.2, 0) is 23.8 Å². The number of ketones is 1. The number of amides is 2. The average molecular weight is 508 g/mol. The summed E-state index contributed by atoms with van der Waals surface area (Å²) >= 11 is 0. The molecule has 2 aliphatic heterocycles. The summed E-state index contributed by atoms with van der Waals surface area (Å²) in [5.41, 5.74) is 1.61. The van der Waals surface area contributed by atoms with E-state index in [9.17, 15) is 14.4 Å². The van der Waals surface area contributed by atoms with Crippen LogP contribution in [0.15, 0.2) is 49.1 Å².